The molecule has 1 aliphatic carbocycles. The summed E-state index contributed by atoms with van der Waals surface area (Å²) in [7, 11) is -1.41. The number of hydrazine groups is 2. The van der Waals surface area contributed by atoms with Crippen LogP contribution >= 0.6 is 0 Å². The largest absolute Gasteiger partial charge is 0.301 e. The summed E-state index contributed by atoms with van der Waals surface area (Å²) in [5.41, 5.74) is 5.63. The molecule has 0 spiro atoms. The fraction of sp³-hybridized carbons (Fsp3) is 1.00. The molecule has 0 radical (unpaired) electrons. The van der Waals surface area contributed by atoms with Gasteiger partial charge < -0.3 is 5.32 Å². The zero-order chi connectivity index (χ0) is 21.8. The zero-order valence-electron chi connectivity index (χ0n) is 18.7. The molecule has 4 N–H and O–H groups in total. The van der Waals surface area contributed by atoms with Gasteiger partial charge in [0.15, 0.2) is 0 Å². The van der Waals surface area contributed by atoms with Crippen molar-refractivity contribution in [2.45, 2.75) is 74.2 Å². The molecule has 6 atom stereocenters. The van der Waals surface area contributed by atoms with Gasteiger partial charge in [0.25, 0.3) is 0 Å². The zero-order valence-corrected chi connectivity index (χ0v) is 19.5. The minimum Gasteiger partial charge on any atom is -0.301 e. The van der Waals surface area contributed by atoms with Crippen LogP contribution in [-0.4, -0.2) is 105 Å². The molecule has 0 bridgehead atoms. The molecule has 4 heterocycles. The second-order valence-electron chi connectivity index (χ2n) is 10.5. The normalized spacial score (nSPS) is 42.4. The minimum atomic E-state index is -3.43. The first-order chi connectivity index (χ1) is 14.7. The van der Waals surface area contributed by atoms with Crippen molar-refractivity contribution >= 4 is 10.0 Å². The van der Waals surface area contributed by atoms with E-state index in [1.807, 2.05) is 7.05 Å². The molecule has 0 aromatic rings. The number of alkyl halides is 1. The van der Waals surface area contributed by atoms with Crippen LogP contribution in [0, 0.1) is 5.92 Å². The number of nitrogens with zero attached hydrogens (tertiary/aromatic N) is 3. The van der Waals surface area contributed by atoms with Gasteiger partial charge in [0.1, 0.15) is 10.9 Å². The maximum Gasteiger partial charge on any atom is 0.217 e. The van der Waals surface area contributed by atoms with Crippen LogP contribution in [0.1, 0.15) is 39.0 Å². The van der Waals surface area contributed by atoms with E-state index >= 15 is 0 Å². The van der Waals surface area contributed by atoms with E-state index in [1.165, 1.54) is 0 Å². The molecule has 0 amide bonds. The molecule has 5 aliphatic rings. The number of halogens is 1. The van der Waals surface area contributed by atoms with E-state index in [1.54, 1.807) is 6.92 Å². The van der Waals surface area contributed by atoms with Crippen LogP contribution in [0.15, 0.2) is 0 Å². The lowest BCUT2D eigenvalue weighted by molar-refractivity contribution is -0.0633. The SMILES string of the molecule is CN1NCC2CCCC(NS(=O)(=O)C3CNN(C4CC(N5CC(C)(F)C5)CCN4)C3)C21. The number of piperidine rings is 1. The molecule has 4 saturated heterocycles. The summed E-state index contributed by atoms with van der Waals surface area (Å²) in [5.74, 6) is 0.515. The Bertz CT molecular complexity index is 759. The topological polar surface area (TPSA) is 92.0 Å². The summed E-state index contributed by atoms with van der Waals surface area (Å²) < 4.78 is 43.5. The molecule has 4 aliphatic heterocycles. The summed E-state index contributed by atoms with van der Waals surface area (Å²) >= 11 is 0. The number of hydrogen-bond donors (Lipinski definition) is 4. The van der Waals surface area contributed by atoms with E-state index in [0.717, 1.165) is 45.2 Å². The van der Waals surface area contributed by atoms with Crippen LogP contribution in [0.3, 0.4) is 0 Å². The number of fused-ring (bicyclic) bond motifs is 1. The second kappa shape index (κ2) is 8.43. The molecule has 5 fully saturated rings. The number of likely N-dealkylation sites (N-methyl/N-ethyl adjacent to an activating group) is 1. The van der Waals surface area contributed by atoms with Gasteiger partial charge in [-0.15, -0.1) is 0 Å². The molecule has 0 aromatic heterocycles. The Morgan fingerprint density at radius 3 is 2.71 bits per heavy atom. The van der Waals surface area contributed by atoms with Gasteiger partial charge in [-0.2, -0.15) is 0 Å². The van der Waals surface area contributed by atoms with Crippen LogP contribution in [0.25, 0.3) is 0 Å². The maximum atomic E-state index is 13.9. The molecule has 6 unspecified atom stereocenters. The average molecular weight is 460 g/mol. The van der Waals surface area contributed by atoms with Crippen LogP contribution in [-0.2, 0) is 10.0 Å². The number of sulfonamides is 1. The summed E-state index contributed by atoms with van der Waals surface area (Å²) in [6, 6.07) is 0.555. The smallest absolute Gasteiger partial charge is 0.217 e. The summed E-state index contributed by atoms with van der Waals surface area (Å²) in [4.78, 5) is 2.23. The quantitative estimate of drug-likeness (QED) is 0.425. The Labute approximate surface area is 185 Å². The highest BCUT2D eigenvalue weighted by Crippen LogP contribution is 2.32. The Morgan fingerprint density at radius 2 is 1.94 bits per heavy atom. The van der Waals surface area contributed by atoms with Gasteiger partial charge in [-0.25, -0.2) is 27.5 Å². The fourth-order valence-corrected chi connectivity index (χ4v) is 7.92. The summed E-state index contributed by atoms with van der Waals surface area (Å²) in [5, 5.41) is 7.20. The third-order valence-electron chi connectivity index (χ3n) is 8.02. The van der Waals surface area contributed by atoms with Gasteiger partial charge in [-0.3, -0.25) is 15.8 Å². The fourth-order valence-electron chi connectivity index (χ4n) is 6.40. The predicted molar refractivity (Wildman–Crippen MR) is 117 cm³/mol. The lowest BCUT2D eigenvalue weighted by Crippen LogP contribution is -2.65. The Hall–Kier alpha value is -0.400. The lowest BCUT2D eigenvalue weighted by atomic mass is 9.82. The monoisotopic (exact) mass is 459 g/mol. The van der Waals surface area contributed by atoms with Crippen LogP contribution in [0.4, 0.5) is 4.39 Å². The number of hydrogen-bond acceptors (Lipinski definition) is 8. The highest BCUT2D eigenvalue weighted by molar-refractivity contribution is 7.90. The predicted octanol–water partition coefficient (Wildman–Crippen LogP) is -0.796. The molecule has 178 valence electrons. The van der Waals surface area contributed by atoms with Gasteiger partial charge in [-0.05, 0) is 45.1 Å². The molecule has 11 heteroatoms. The van der Waals surface area contributed by atoms with Gasteiger partial charge in [0, 0.05) is 57.9 Å². The van der Waals surface area contributed by atoms with E-state index in [0.29, 0.717) is 38.1 Å². The number of rotatable bonds is 5. The standard InChI is InChI=1S/C20H38FN7O2S/c1-20(21)12-27(13-20)15-6-7-22-18(8-15)28-11-16(10-24-28)31(29,30)25-17-5-3-4-14-9-23-26(2)19(14)17/h14-19,22-25H,3-13H2,1-2H3. The van der Waals surface area contributed by atoms with E-state index < -0.39 is 20.9 Å². The molecular weight excluding hydrogens is 421 g/mol. The second-order valence-corrected chi connectivity index (χ2v) is 12.5. The van der Waals surface area contributed by atoms with Crippen molar-refractivity contribution < 1.29 is 12.8 Å². The third kappa shape index (κ3) is 4.52. The molecule has 5 rings (SSSR count). The summed E-state index contributed by atoms with van der Waals surface area (Å²) in [6.07, 6.45) is 5.09. The molecule has 1 saturated carbocycles. The Morgan fingerprint density at radius 1 is 1.13 bits per heavy atom. The highest BCUT2D eigenvalue weighted by Gasteiger charge is 2.46. The van der Waals surface area contributed by atoms with Crippen LogP contribution < -0.4 is 20.9 Å². The Balaban J connectivity index is 1.17. The first-order valence-electron chi connectivity index (χ1n) is 11.9. The highest BCUT2D eigenvalue weighted by atomic mass is 32.2. The van der Waals surface area contributed by atoms with Crippen molar-refractivity contribution in [1.82, 2.24) is 35.8 Å². The van der Waals surface area contributed by atoms with Crippen molar-refractivity contribution in [3.63, 3.8) is 0 Å². The van der Waals surface area contributed by atoms with Gasteiger partial charge >= 0.3 is 0 Å². The molecular formula is C20H38FN7O2S. The Kier molecular flexibility index (Phi) is 6.09. The lowest BCUT2D eigenvalue weighted by Gasteiger charge is -2.49. The van der Waals surface area contributed by atoms with Gasteiger partial charge in [0.05, 0.1) is 6.17 Å². The van der Waals surface area contributed by atoms with E-state index in [4.69, 9.17) is 0 Å². The van der Waals surface area contributed by atoms with Crippen LogP contribution in [0.5, 0.6) is 0 Å². The molecule has 9 nitrogen and oxygen atoms in total. The number of nitrogens with one attached hydrogen (secondary N) is 4. The van der Waals surface area contributed by atoms with Crippen molar-refractivity contribution in [1.29, 1.82) is 0 Å². The first-order valence-corrected chi connectivity index (χ1v) is 13.4. The van der Waals surface area contributed by atoms with Crippen molar-refractivity contribution in [2.24, 2.45) is 5.92 Å². The van der Waals surface area contributed by atoms with Crippen molar-refractivity contribution in [2.75, 3.05) is 46.3 Å². The minimum absolute atomic E-state index is 0.0311. The third-order valence-corrected chi connectivity index (χ3v) is 9.85. The van der Waals surface area contributed by atoms with Crippen LogP contribution in [0.2, 0.25) is 0 Å². The summed E-state index contributed by atoms with van der Waals surface area (Å²) in [6.45, 7) is 5.38. The van der Waals surface area contributed by atoms with Crippen molar-refractivity contribution in [3.8, 4) is 0 Å². The van der Waals surface area contributed by atoms with Crippen molar-refractivity contribution in [3.05, 3.63) is 0 Å². The maximum absolute atomic E-state index is 13.9. The molecule has 31 heavy (non-hydrogen) atoms. The number of likely N-dealkylation sites (tertiary alicyclic amines) is 1. The first kappa shape index (κ1) is 22.4. The van der Waals surface area contributed by atoms with E-state index in [-0.39, 0.29) is 18.2 Å². The van der Waals surface area contributed by atoms with E-state index in [2.05, 4.69) is 35.8 Å². The van der Waals surface area contributed by atoms with Gasteiger partial charge in [-0.1, -0.05) is 6.42 Å². The van der Waals surface area contributed by atoms with E-state index in [9.17, 15) is 12.8 Å². The van der Waals surface area contributed by atoms with Gasteiger partial charge in [0.2, 0.25) is 10.0 Å². The average Bonchev–Trinajstić information content (AvgIpc) is 3.35. The molecule has 0 aromatic carbocycles.